The number of amides is 1. The fraction of sp³-hybridized carbons (Fsp3) is 0.333. The number of nitrogens with zero attached hydrogens (tertiary/aromatic N) is 2. The third-order valence-corrected chi connectivity index (χ3v) is 6.15. The lowest BCUT2D eigenvalue weighted by atomic mass is 9.92. The lowest BCUT2D eigenvalue weighted by molar-refractivity contribution is 0.0561. The zero-order valence-electron chi connectivity index (χ0n) is 14.6. The number of benzene rings is 2. The van der Waals surface area contributed by atoms with Gasteiger partial charge < -0.3 is 9.64 Å². The van der Waals surface area contributed by atoms with Crippen LogP contribution >= 0.6 is 27.5 Å². The van der Waals surface area contributed by atoms with Crippen LogP contribution in [0.25, 0.3) is 0 Å². The highest BCUT2D eigenvalue weighted by Gasteiger charge is 2.35. The van der Waals surface area contributed by atoms with Gasteiger partial charge in [0.25, 0.3) is 5.91 Å². The Labute approximate surface area is 171 Å². The summed E-state index contributed by atoms with van der Waals surface area (Å²) in [7, 11) is 0. The van der Waals surface area contributed by atoms with E-state index in [0.29, 0.717) is 22.9 Å². The van der Waals surface area contributed by atoms with Crippen LogP contribution in [0, 0.1) is 11.3 Å². The van der Waals surface area contributed by atoms with Crippen LogP contribution < -0.4 is 4.74 Å². The van der Waals surface area contributed by atoms with Gasteiger partial charge in [0.2, 0.25) is 0 Å². The molecule has 0 radical (unpaired) electrons. The number of halogens is 2. The number of rotatable bonds is 3. The minimum atomic E-state index is 0.111. The topological polar surface area (TPSA) is 53.3 Å². The normalized spacial score (nSPS) is 21.7. The second-order valence-electron chi connectivity index (χ2n) is 7.04. The number of carbonyl (C=O) groups is 1. The third kappa shape index (κ3) is 3.69. The summed E-state index contributed by atoms with van der Waals surface area (Å²) in [6, 6.07) is 13.3. The first-order valence-electron chi connectivity index (χ1n) is 9.01. The van der Waals surface area contributed by atoms with Crippen molar-refractivity contribution in [3.8, 4) is 11.8 Å². The van der Waals surface area contributed by atoms with Crippen LogP contribution in [0.3, 0.4) is 0 Å². The van der Waals surface area contributed by atoms with Crippen molar-refractivity contribution in [1.82, 2.24) is 4.90 Å². The van der Waals surface area contributed by atoms with E-state index < -0.39 is 0 Å². The van der Waals surface area contributed by atoms with E-state index in [-0.39, 0.29) is 18.1 Å². The minimum absolute atomic E-state index is 0.111. The molecule has 0 spiro atoms. The van der Waals surface area contributed by atoms with Gasteiger partial charge in [-0.05, 0) is 61.6 Å². The molecule has 0 aromatic heterocycles. The standard InChI is InChI=1S/C21H18BrClN2O2/c22-15-2-8-19-14(9-15)12-25(21(19)26)16-3-6-17(7-4-16)27-18-5-1-13(11-24)20(23)10-18/h1-2,5,8-10,16-17H,3-4,6-7,12H2. The second-order valence-corrected chi connectivity index (χ2v) is 8.36. The Bertz CT molecular complexity index is 932. The van der Waals surface area contributed by atoms with E-state index in [2.05, 4.69) is 22.0 Å². The van der Waals surface area contributed by atoms with Crippen molar-refractivity contribution >= 4 is 33.4 Å². The number of fused-ring (bicyclic) bond motifs is 1. The molecule has 4 rings (SSSR count). The average Bonchev–Trinajstić information content (AvgIpc) is 2.98. The van der Waals surface area contributed by atoms with Crippen LogP contribution in [0.2, 0.25) is 5.02 Å². The summed E-state index contributed by atoms with van der Waals surface area (Å²) < 4.78 is 7.06. The summed E-state index contributed by atoms with van der Waals surface area (Å²) in [5, 5.41) is 9.37. The van der Waals surface area contributed by atoms with Crippen LogP contribution in [0.1, 0.15) is 47.2 Å². The van der Waals surface area contributed by atoms with Crippen LogP contribution in [0.15, 0.2) is 40.9 Å². The zero-order valence-corrected chi connectivity index (χ0v) is 17.0. The Kier molecular flexibility index (Phi) is 5.12. The molecule has 4 nitrogen and oxygen atoms in total. The Balaban J connectivity index is 1.36. The van der Waals surface area contributed by atoms with Crippen molar-refractivity contribution in [2.45, 2.75) is 44.4 Å². The SMILES string of the molecule is N#Cc1ccc(OC2CCC(N3Cc4cc(Br)ccc4C3=O)CC2)cc1Cl. The predicted octanol–water partition coefficient (Wildman–Crippen LogP) is 5.32. The van der Waals surface area contributed by atoms with Crippen LogP contribution in [-0.2, 0) is 6.54 Å². The Morgan fingerprint density at radius 3 is 2.63 bits per heavy atom. The van der Waals surface area contributed by atoms with E-state index in [4.69, 9.17) is 21.6 Å². The van der Waals surface area contributed by atoms with E-state index in [9.17, 15) is 4.79 Å². The monoisotopic (exact) mass is 444 g/mol. The van der Waals surface area contributed by atoms with Gasteiger partial charge in [0.15, 0.2) is 0 Å². The van der Waals surface area contributed by atoms with Crippen LogP contribution in [-0.4, -0.2) is 23.0 Å². The smallest absolute Gasteiger partial charge is 0.254 e. The van der Waals surface area contributed by atoms with Gasteiger partial charge in [0.1, 0.15) is 11.8 Å². The summed E-state index contributed by atoms with van der Waals surface area (Å²) in [5.74, 6) is 0.831. The molecule has 1 aliphatic heterocycles. The number of hydrogen-bond donors (Lipinski definition) is 0. The van der Waals surface area contributed by atoms with Crippen molar-refractivity contribution in [3.05, 3.63) is 62.6 Å². The Hall–Kier alpha value is -2.03. The van der Waals surface area contributed by atoms with E-state index in [0.717, 1.165) is 41.3 Å². The van der Waals surface area contributed by atoms with Crippen molar-refractivity contribution in [3.63, 3.8) is 0 Å². The highest BCUT2D eigenvalue weighted by molar-refractivity contribution is 9.10. The molecule has 1 saturated carbocycles. The summed E-state index contributed by atoms with van der Waals surface area (Å²) in [6.45, 7) is 0.690. The van der Waals surface area contributed by atoms with Crippen molar-refractivity contribution in [2.75, 3.05) is 0 Å². The maximum Gasteiger partial charge on any atom is 0.254 e. The van der Waals surface area contributed by atoms with Gasteiger partial charge in [-0.1, -0.05) is 27.5 Å². The number of hydrogen-bond acceptors (Lipinski definition) is 3. The van der Waals surface area contributed by atoms with Gasteiger partial charge in [-0.15, -0.1) is 0 Å². The number of ether oxygens (including phenoxy) is 1. The molecule has 2 aromatic rings. The van der Waals surface area contributed by atoms with Crippen LogP contribution in [0.5, 0.6) is 5.75 Å². The van der Waals surface area contributed by atoms with Gasteiger partial charge in [0.05, 0.1) is 16.7 Å². The van der Waals surface area contributed by atoms with Gasteiger partial charge in [-0.3, -0.25) is 4.79 Å². The highest BCUT2D eigenvalue weighted by Crippen LogP contribution is 2.34. The molecular formula is C21H18BrClN2O2. The first-order valence-corrected chi connectivity index (χ1v) is 10.2. The van der Waals surface area contributed by atoms with Gasteiger partial charge >= 0.3 is 0 Å². The molecule has 0 saturated heterocycles. The molecule has 0 atom stereocenters. The summed E-state index contributed by atoms with van der Waals surface area (Å²) >= 11 is 9.56. The van der Waals surface area contributed by atoms with Gasteiger partial charge in [0, 0.05) is 28.7 Å². The van der Waals surface area contributed by atoms with Gasteiger partial charge in [-0.25, -0.2) is 0 Å². The molecule has 1 aliphatic carbocycles. The Morgan fingerprint density at radius 2 is 1.93 bits per heavy atom. The summed E-state index contributed by atoms with van der Waals surface area (Å²) in [6.07, 6.45) is 3.75. The molecule has 1 heterocycles. The van der Waals surface area contributed by atoms with Crippen molar-refractivity contribution in [1.29, 1.82) is 5.26 Å². The average molecular weight is 446 g/mol. The molecule has 2 aliphatic rings. The molecule has 0 N–H and O–H groups in total. The summed E-state index contributed by atoms with van der Waals surface area (Å²) in [5.41, 5.74) is 2.37. The van der Waals surface area contributed by atoms with Crippen molar-refractivity contribution in [2.24, 2.45) is 0 Å². The van der Waals surface area contributed by atoms with E-state index in [1.54, 1.807) is 18.2 Å². The quantitative estimate of drug-likeness (QED) is 0.642. The largest absolute Gasteiger partial charge is 0.490 e. The molecule has 0 bridgehead atoms. The van der Waals surface area contributed by atoms with Crippen LogP contribution in [0.4, 0.5) is 0 Å². The first-order chi connectivity index (χ1) is 13.0. The fourth-order valence-corrected chi connectivity index (χ4v) is 4.56. The molecule has 0 unspecified atom stereocenters. The lowest BCUT2D eigenvalue weighted by Gasteiger charge is -2.34. The molecule has 138 valence electrons. The van der Waals surface area contributed by atoms with E-state index >= 15 is 0 Å². The third-order valence-electron chi connectivity index (χ3n) is 5.35. The summed E-state index contributed by atoms with van der Waals surface area (Å²) in [4.78, 5) is 14.7. The predicted molar refractivity (Wildman–Crippen MR) is 107 cm³/mol. The second kappa shape index (κ2) is 7.53. The molecule has 2 aromatic carbocycles. The van der Waals surface area contributed by atoms with Crippen molar-refractivity contribution < 1.29 is 9.53 Å². The molecule has 27 heavy (non-hydrogen) atoms. The Morgan fingerprint density at radius 1 is 1.15 bits per heavy atom. The van der Waals surface area contributed by atoms with E-state index in [1.807, 2.05) is 23.1 Å². The molecule has 1 amide bonds. The maximum absolute atomic E-state index is 12.7. The van der Waals surface area contributed by atoms with Gasteiger partial charge in [-0.2, -0.15) is 5.26 Å². The molecule has 6 heteroatoms. The minimum Gasteiger partial charge on any atom is -0.490 e. The zero-order chi connectivity index (χ0) is 19.0. The molecule has 1 fully saturated rings. The molecular weight excluding hydrogens is 428 g/mol. The first kappa shape index (κ1) is 18.3. The fourth-order valence-electron chi connectivity index (χ4n) is 3.93. The highest BCUT2D eigenvalue weighted by atomic mass is 79.9. The maximum atomic E-state index is 12.7. The number of nitriles is 1. The van der Waals surface area contributed by atoms with E-state index in [1.165, 1.54) is 0 Å². The lowest BCUT2D eigenvalue weighted by Crippen LogP contribution is -2.40. The number of carbonyl (C=O) groups excluding carboxylic acids is 1.